The van der Waals surface area contributed by atoms with Crippen molar-refractivity contribution >= 4 is 33.1 Å². The molecule has 0 saturated heterocycles. The Hall–Kier alpha value is -2.72. The number of carbonyl (C=O) groups is 2. The van der Waals surface area contributed by atoms with Crippen LogP contribution in [0.1, 0.15) is 12.5 Å². The zero-order valence-corrected chi connectivity index (χ0v) is 13.2. The van der Waals surface area contributed by atoms with Gasteiger partial charge in [-0.1, -0.05) is 0 Å². The van der Waals surface area contributed by atoms with E-state index < -0.39 is 61.4 Å². The molecule has 136 valence electrons. The second-order valence-corrected chi connectivity index (χ2v) is 6.48. The average molecular weight is 382 g/mol. The highest BCUT2D eigenvalue weighted by atomic mass is 32.2. The molecule has 0 fully saturated rings. The number of nitrogens with one attached hydrogen (secondary N) is 1. The first kappa shape index (κ1) is 20.3. The molecule has 13 heteroatoms. The Balaban J connectivity index is 3.40. The van der Waals surface area contributed by atoms with Crippen LogP contribution in [0, 0.1) is 17.1 Å². The first-order valence-corrected chi connectivity index (χ1v) is 7.93. The molecule has 3 N–H and O–H groups in total. The molecule has 1 amide bonds. The zero-order valence-electron chi connectivity index (χ0n) is 12.4. The average Bonchev–Trinajstić information content (AvgIpc) is 2.52. The molecular weight excluding hydrogens is 372 g/mol. The topological polar surface area (TPSA) is 133 Å². The highest BCUT2D eigenvalue weighted by Crippen LogP contribution is 2.28. The molecule has 0 saturated carbocycles. The van der Waals surface area contributed by atoms with Crippen molar-refractivity contribution in [2.75, 3.05) is 15.5 Å². The molecule has 1 aromatic carbocycles. The van der Waals surface area contributed by atoms with Gasteiger partial charge < -0.3 is 0 Å². The third-order valence-electron chi connectivity index (χ3n) is 2.78. The SMILES string of the molecule is CCS(=O)(=O)Nc1cc(N(N)C(=O)C(=O)C(F)(F)F)c(F)cc1C#N. The molecule has 0 aliphatic rings. The van der Waals surface area contributed by atoms with Gasteiger partial charge in [0.2, 0.25) is 10.0 Å². The van der Waals surface area contributed by atoms with Gasteiger partial charge in [0, 0.05) is 0 Å². The fraction of sp³-hybridized carbons (Fsp3) is 0.250. The maximum absolute atomic E-state index is 13.9. The molecule has 0 aliphatic heterocycles. The fourth-order valence-electron chi connectivity index (χ4n) is 1.50. The van der Waals surface area contributed by atoms with Gasteiger partial charge in [-0.3, -0.25) is 14.3 Å². The van der Waals surface area contributed by atoms with E-state index in [1.165, 1.54) is 13.0 Å². The number of alkyl halides is 3. The zero-order chi connectivity index (χ0) is 19.6. The van der Waals surface area contributed by atoms with E-state index in [-0.39, 0.29) is 0 Å². The number of halogens is 4. The van der Waals surface area contributed by atoms with Gasteiger partial charge >= 0.3 is 17.9 Å². The summed E-state index contributed by atoms with van der Waals surface area (Å²) in [5.41, 5.74) is -2.07. The van der Waals surface area contributed by atoms with Gasteiger partial charge in [0.05, 0.1) is 22.7 Å². The minimum Gasteiger partial charge on any atom is -0.282 e. The van der Waals surface area contributed by atoms with E-state index in [4.69, 9.17) is 11.1 Å². The summed E-state index contributed by atoms with van der Waals surface area (Å²) in [6.45, 7) is 1.25. The van der Waals surface area contributed by atoms with Crippen LogP contribution in [0.2, 0.25) is 0 Å². The molecule has 0 heterocycles. The van der Waals surface area contributed by atoms with Crippen LogP contribution in [0.25, 0.3) is 0 Å². The molecule has 0 radical (unpaired) electrons. The summed E-state index contributed by atoms with van der Waals surface area (Å²) in [5.74, 6) is -1.93. The number of nitrogens with zero attached hydrogens (tertiary/aromatic N) is 2. The number of benzene rings is 1. The first-order chi connectivity index (χ1) is 11.3. The van der Waals surface area contributed by atoms with Crippen LogP contribution in [-0.2, 0) is 19.6 Å². The van der Waals surface area contributed by atoms with Gasteiger partial charge in [0.1, 0.15) is 11.9 Å². The minimum absolute atomic E-state index is 0.421. The van der Waals surface area contributed by atoms with Gasteiger partial charge in [0.25, 0.3) is 0 Å². The third-order valence-corrected chi connectivity index (χ3v) is 4.07. The monoisotopic (exact) mass is 382 g/mol. The van der Waals surface area contributed by atoms with Gasteiger partial charge in [0.15, 0.2) is 0 Å². The van der Waals surface area contributed by atoms with Crippen molar-refractivity contribution in [1.82, 2.24) is 0 Å². The maximum Gasteiger partial charge on any atom is 0.460 e. The third kappa shape index (κ3) is 4.64. The standard InChI is InChI=1S/C12H10F4N4O4S/c1-2-25(23,24)19-8-4-9(7(13)3-6(8)5-17)20(18)11(22)10(21)12(14,15)16/h3-4,19H,2,18H2,1H3. The summed E-state index contributed by atoms with van der Waals surface area (Å²) >= 11 is 0. The van der Waals surface area contributed by atoms with E-state index >= 15 is 0 Å². The van der Waals surface area contributed by atoms with Crippen LogP contribution >= 0.6 is 0 Å². The van der Waals surface area contributed by atoms with Crippen LogP contribution < -0.4 is 15.6 Å². The Labute approximate surface area is 138 Å². The highest BCUT2D eigenvalue weighted by molar-refractivity contribution is 7.92. The van der Waals surface area contributed by atoms with Crippen LogP contribution in [0.3, 0.4) is 0 Å². The fourth-order valence-corrected chi connectivity index (χ4v) is 2.15. The lowest BCUT2D eigenvalue weighted by atomic mass is 10.1. The number of carbonyl (C=O) groups excluding carboxylic acids is 2. The van der Waals surface area contributed by atoms with E-state index in [9.17, 15) is 35.6 Å². The Bertz CT molecular complexity index is 861. The van der Waals surface area contributed by atoms with Crippen molar-refractivity contribution in [3.05, 3.63) is 23.5 Å². The summed E-state index contributed by atoms with van der Waals surface area (Å²) in [6.07, 6.45) is -5.54. The van der Waals surface area contributed by atoms with Gasteiger partial charge in [-0.05, 0) is 19.1 Å². The highest BCUT2D eigenvalue weighted by Gasteiger charge is 2.45. The lowest BCUT2D eigenvalue weighted by Crippen LogP contribution is -2.47. The molecule has 8 nitrogen and oxygen atoms in total. The number of amides is 1. The minimum atomic E-state index is -5.54. The molecule has 0 atom stereocenters. The second kappa shape index (κ2) is 7.03. The number of hydrogen-bond acceptors (Lipinski definition) is 6. The number of rotatable bonds is 5. The number of anilines is 2. The maximum atomic E-state index is 13.9. The number of nitriles is 1. The van der Waals surface area contributed by atoms with E-state index in [1.807, 2.05) is 4.72 Å². The molecule has 1 aromatic rings. The van der Waals surface area contributed by atoms with Crippen LogP contribution in [0.5, 0.6) is 0 Å². The van der Waals surface area contributed by atoms with Crippen molar-refractivity contribution in [3.8, 4) is 6.07 Å². The van der Waals surface area contributed by atoms with Gasteiger partial charge in [-0.25, -0.2) is 23.7 Å². The number of sulfonamides is 1. The Kier molecular flexibility index (Phi) is 5.72. The lowest BCUT2D eigenvalue weighted by molar-refractivity contribution is -0.174. The summed E-state index contributed by atoms with van der Waals surface area (Å²) in [4.78, 5) is 22.3. The van der Waals surface area contributed by atoms with Crippen LogP contribution in [0.4, 0.5) is 28.9 Å². The summed E-state index contributed by atoms with van der Waals surface area (Å²) in [7, 11) is -3.94. The van der Waals surface area contributed by atoms with Crippen LogP contribution in [0.15, 0.2) is 12.1 Å². The van der Waals surface area contributed by atoms with E-state index in [0.29, 0.717) is 12.1 Å². The van der Waals surface area contributed by atoms with Crippen molar-refractivity contribution in [3.63, 3.8) is 0 Å². The Morgan fingerprint density at radius 1 is 1.36 bits per heavy atom. The second-order valence-electron chi connectivity index (χ2n) is 4.47. The number of Topliss-reactive ketones (excluding diaryl/α,β-unsaturated/α-hetero) is 1. The Morgan fingerprint density at radius 3 is 2.36 bits per heavy atom. The molecule has 0 aliphatic carbocycles. The predicted molar refractivity (Wildman–Crippen MR) is 76.9 cm³/mol. The molecule has 0 spiro atoms. The van der Waals surface area contributed by atoms with Crippen molar-refractivity contribution < 1.29 is 35.6 Å². The van der Waals surface area contributed by atoms with Gasteiger partial charge in [-0.15, -0.1) is 0 Å². The molecule has 1 rings (SSSR count). The smallest absolute Gasteiger partial charge is 0.282 e. The van der Waals surface area contributed by atoms with Crippen LogP contribution in [-0.4, -0.2) is 32.0 Å². The number of hydrogen-bond donors (Lipinski definition) is 2. The van der Waals surface area contributed by atoms with Gasteiger partial charge in [-0.2, -0.15) is 18.4 Å². The molecule has 0 aromatic heterocycles. The first-order valence-electron chi connectivity index (χ1n) is 6.28. The normalized spacial score (nSPS) is 11.6. The molecular formula is C12H10F4N4O4S. The number of hydrazine groups is 1. The van der Waals surface area contributed by atoms with Crippen molar-refractivity contribution in [2.24, 2.45) is 5.84 Å². The summed E-state index contributed by atoms with van der Waals surface area (Å²) in [6, 6.07) is 2.45. The predicted octanol–water partition coefficient (Wildman–Crippen LogP) is 0.797. The number of ketones is 1. The van der Waals surface area contributed by atoms with Crippen molar-refractivity contribution in [2.45, 2.75) is 13.1 Å². The quantitative estimate of drug-likeness (QED) is 0.254. The molecule has 0 unspecified atom stereocenters. The number of nitrogens with two attached hydrogens (primary N) is 1. The largest absolute Gasteiger partial charge is 0.460 e. The van der Waals surface area contributed by atoms with Crippen molar-refractivity contribution in [1.29, 1.82) is 5.26 Å². The lowest BCUT2D eigenvalue weighted by Gasteiger charge is -2.19. The molecule has 0 bridgehead atoms. The Morgan fingerprint density at radius 2 is 1.92 bits per heavy atom. The van der Waals surface area contributed by atoms with E-state index in [2.05, 4.69) is 0 Å². The van der Waals surface area contributed by atoms with E-state index in [1.54, 1.807) is 0 Å². The van der Waals surface area contributed by atoms with E-state index in [0.717, 1.165) is 0 Å². The summed E-state index contributed by atoms with van der Waals surface area (Å²) in [5, 5.41) is 8.46. The summed E-state index contributed by atoms with van der Waals surface area (Å²) < 4.78 is 75.7. The molecule has 25 heavy (non-hydrogen) atoms.